The fourth-order valence-electron chi connectivity index (χ4n) is 2.04. The Morgan fingerprint density at radius 3 is 2.33 bits per heavy atom. The highest BCUT2D eigenvalue weighted by Crippen LogP contribution is 2.29. The van der Waals surface area contributed by atoms with Crippen LogP contribution in [0.2, 0.25) is 5.02 Å². The zero-order valence-corrected chi connectivity index (χ0v) is 10.6. The molecule has 2 aromatic rings. The van der Waals surface area contributed by atoms with Gasteiger partial charge in [0.05, 0.1) is 0 Å². The molecule has 1 amide bonds. The first-order chi connectivity index (χ1) is 8.66. The lowest BCUT2D eigenvalue weighted by molar-refractivity contribution is -0.118. The Bertz CT molecular complexity index is 539. The third kappa shape index (κ3) is 3.11. The van der Waals surface area contributed by atoms with Gasteiger partial charge in [0.25, 0.3) is 0 Å². The van der Waals surface area contributed by atoms with Crippen molar-refractivity contribution >= 4 is 17.5 Å². The molecule has 0 aliphatic heterocycles. The van der Waals surface area contributed by atoms with Gasteiger partial charge >= 0.3 is 0 Å². The van der Waals surface area contributed by atoms with Gasteiger partial charge in [0.2, 0.25) is 5.91 Å². The van der Waals surface area contributed by atoms with Crippen LogP contribution in [0.4, 0.5) is 0 Å². The number of rotatable bonds is 4. The lowest BCUT2D eigenvalue weighted by Gasteiger charge is -2.16. The smallest absolute Gasteiger partial charge is 0.218 e. The van der Waals surface area contributed by atoms with E-state index in [1.54, 1.807) is 0 Å². The van der Waals surface area contributed by atoms with Crippen LogP contribution in [0, 0.1) is 0 Å². The van der Waals surface area contributed by atoms with E-state index in [0.717, 1.165) is 11.1 Å². The maximum absolute atomic E-state index is 11.2. The average Bonchev–Trinajstić information content (AvgIpc) is 2.37. The average molecular weight is 260 g/mol. The van der Waals surface area contributed by atoms with Crippen molar-refractivity contribution in [2.45, 2.75) is 12.3 Å². The summed E-state index contributed by atoms with van der Waals surface area (Å²) in [7, 11) is 0. The molecule has 92 valence electrons. The molecule has 0 saturated carbocycles. The fourth-order valence-corrected chi connectivity index (χ4v) is 2.24. The number of amides is 1. The first-order valence-corrected chi connectivity index (χ1v) is 6.13. The van der Waals surface area contributed by atoms with Gasteiger partial charge in [-0.2, -0.15) is 0 Å². The highest BCUT2D eigenvalue weighted by atomic mass is 35.5. The third-order valence-corrected chi connectivity index (χ3v) is 3.09. The van der Waals surface area contributed by atoms with E-state index >= 15 is 0 Å². The van der Waals surface area contributed by atoms with Crippen LogP contribution in [-0.4, -0.2) is 5.91 Å². The van der Waals surface area contributed by atoms with Crippen LogP contribution in [0.1, 0.15) is 23.5 Å². The summed E-state index contributed by atoms with van der Waals surface area (Å²) in [6.45, 7) is 0. The summed E-state index contributed by atoms with van der Waals surface area (Å²) in [6.07, 6.45) is 0.282. The van der Waals surface area contributed by atoms with Gasteiger partial charge in [-0.1, -0.05) is 54.1 Å². The molecule has 0 bridgehead atoms. The molecule has 2 N–H and O–H groups in total. The molecule has 0 aliphatic carbocycles. The van der Waals surface area contributed by atoms with Gasteiger partial charge in [-0.3, -0.25) is 4.79 Å². The number of carbonyl (C=O) groups excluding carboxylic acids is 1. The molecule has 0 aromatic heterocycles. The molecule has 0 spiro atoms. The Hall–Kier alpha value is -1.80. The maximum Gasteiger partial charge on any atom is 0.218 e. The van der Waals surface area contributed by atoms with E-state index in [-0.39, 0.29) is 18.2 Å². The molecular formula is C15H14ClNO. The third-order valence-electron chi connectivity index (χ3n) is 2.86. The van der Waals surface area contributed by atoms with Crippen LogP contribution in [0.15, 0.2) is 54.6 Å². The highest BCUT2D eigenvalue weighted by molar-refractivity contribution is 6.30. The van der Waals surface area contributed by atoms with Crippen molar-refractivity contribution in [1.82, 2.24) is 0 Å². The Balaban J connectivity index is 2.40. The van der Waals surface area contributed by atoms with Crippen LogP contribution in [0.25, 0.3) is 0 Å². The predicted molar refractivity (Wildman–Crippen MR) is 73.5 cm³/mol. The van der Waals surface area contributed by atoms with Gasteiger partial charge in [0.1, 0.15) is 0 Å². The lowest BCUT2D eigenvalue weighted by Crippen LogP contribution is -2.16. The molecule has 1 unspecified atom stereocenters. The summed E-state index contributed by atoms with van der Waals surface area (Å²) in [5.41, 5.74) is 7.41. The van der Waals surface area contributed by atoms with E-state index in [4.69, 9.17) is 17.3 Å². The normalized spacial score (nSPS) is 12.1. The van der Waals surface area contributed by atoms with Crippen LogP contribution >= 0.6 is 11.6 Å². The second-order valence-electron chi connectivity index (χ2n) is 4.19. The standard InChI is InChI=1S/C15H14ClNO/c16-13-8-4-7-12(9-13)14(10-15(17)18)11-5-2-1-3-6-11/h1-9,14H,10H2,(H2,17,18). The first-order valence-electron chi connectivity index (χ1n) is 5.75. The van der Waals surface area contributed by atoms with Crippen molar-refractivity contribution in [3.05, 3.63) is 70.7 Å². The van der Waals surface area contributed by atoms with Crippen molar-refractivity contribution < 1.29 is 4.79 Å². The molecule has 2 nitrogen and oxygen atoms in total. The summed E-state index contributed by atoms with van der Waals surface area (Å²) in [5.74, 6) is -0.355. The predicted octanol–water partition coefficient (Wildman–Crippen LogP) is 3.35. The van der Waals surface area contributed by atoms with E-state index in [1.165, 1.54) is 0 Å². The summed E-state index contributed by atoms with van der Waals surface area (Å²) >= 11 is 6.00. The molecule has 0 aliphatic rings. The Labute approximate surface area is 111 Å². The van der Waals surface area contributed by atoms with E-state index in [2.05, 4.69) is 0 Å². The van der Waals surface area contributed by atoms with Crippen molar-refractivity contribution in [3.8, 4) is 0 Å². The topological polar surface area (TPSA) is 43.1 Å². The zero-order chi connectivity index (χ0) is 13.0. The van der Waals surface area contributed by atoms with Gasteiger partial charge in [0.15, 0.2) is 0 Å². The van der Waals surface area contributed by atoms with Crippen LogP contribution in [0.3, 0.4) is 0 Å². The number of primary amides is 1. The Morgan fingerprint density at radius 1 is 1.06 bits per heavy atom. The van der Waals surface area contributed by atoms with Crippen LogP contribution < -0.4 is 5.73 Å². The van der Waals surface area contributed by atoms with Gasteiger partial charge in [-0.15, -0.1) is 0 Å². The monoisotopic (exact) mass is 259 g/mol. The molecule has 18 heavy (non-hydrogen) atoms. The van der Waals surface area contributed by atoms with Gasteiger partial charge < -0.3 is 5.73 Å². The van der Waals surface area contributed by atoms with E-state index in [9.17, 15) is 4.79 Å². The highest BCUT2D eigenvalue weighted by Gasteiger charge is 2.16. The summed E-state index contributed by atoms with van der Waals surface area (Å²) < 4.78 is 0. The number of nitrogens with two attached hydrogens (primary N) is 1. The zero-order valence-electron chi connectivity index (χ0n) is 9.84. The van der Waals surface area contributed by atoms with Gasteiger partial charge in [0, 0.05) is 17.4 Å². The number of halogens is 1. The summed E-state index contributed by atoms with van der Waals surface area (Å²) in [6, 6.07) is 17.4. The minimum Gasteiger partial charge on any atom is -0.370 e. The number of hydrogen-bond donors (Lipinski definition) is 1. The van der Waals surface area contributed by atoms with Crippen molar-refractivity contribution in [2.24, 2.45) is 5.73 Å². The second kappa shape index (κ2) is 5.69. The minimum absolute atomic E-state index is 0.0394. The molecule has 0 heterocycles. The molecule has 2 rings (SSSR count). The van der Waals surface area contributed by atoms with Crippen molar-refractivity contribution in [1.29, 1.82) is 0 Å². The lowest BCUT2D eigenvalue weighted by atomic mass is 9.88. The van der Waals surface area contributed by atoms with E-state index in [0.29, 0.717) is 5.02 Å². The van der Waals surface area contributed by atoms with Gasteiger partial charge in [-0.05, 0) is 23.3 Å². The molecule has 0 radical (unpaired) electrons. The van der Waals surface area contributed by atoms with Crippen molar-refractivity contribution in [3.63, 3.8) is 0 Å². The quantitative estimate of drug-likeness (QED) is 0.899. The van der Waals surface area contributed by atoms with Crippen LogP contribution in [0.5, 0.6) is 0 Å². The molecule has 0 saturated heterocycles. The number of hydrogen-bond acceptors (Lipinski definition) is 1. The van der Waals surface area contributed by atoms with Crippen LogP contribution in [-0.2, 0) is 4.79 Å². The van der Waals surface area contributed by atoms with Crippen molar-refractivity contribution in [2.75, 3.05) is 0 Å². The molecule has 1 atom stereocenters. The molecule has 2 aromatic carbocycles. The minimum atomic E-state index is -0.316. The number of carbonyl (C=O) groups is 1. The van der Waals surface area contributed by atoms with Gasteiger partial charge in [-0.25, -0.2) is 0 Å². The second-order valence-corrected chi connectivity index (χ2v) is 4.63. The first kappa shape index (κ1) is 12.7. The SMILES string of the molecule is NC(=O)CC(c1ccccc1)c1cccc(Cl)c1. The van der Waals surface area contributed by atoms with E-state index < -0.39 is 0 Å². The maximum atomic E-state index is 11.2. The largest absolute Gasteiger partial charge is 0.370 e. The Morgan fingerprint density at radius 2 is 1.72 bits per heavy atom. The summed E-state index contributed by atoms with van der Waals surface area (Å²) in [4.78, 5) is 11.2. The molecule has 0 fully saturated rings. The summed E-state index contributed by atoms with van der Waals surface area (Å²) in [5, 5.41) is 0.665. The Kier molecular flexibility index (Phi) is 4.00. The number of benzene rings is 2. The fraction of sp³-hybridized carbons (Fsp3) is 0.133. The van der Waals surface area contributed by atoms with E-state index in [1.807, 2.05) is 54.6 Å². The molecular weight excluding hydrogens is 246 g/mol. The molecule has 3 heteroatoms.